The number of likely N-dealkylation sites (N-methyl/N-ethyl adjacent to an activating group) is 1. The predicted molar refractivity (Wildman–Crippen MR) is 89.7 cm³/mol. The third-order valence-corrected chi connectivity index (χ3v) is 4.62. The Bertz CT molecular complexity index is 695. The molecule has 1 aliphatic rings. The summed E-state index contributed by atoms with van der Waals surface area (Å²) >= 11 is 0. The minimum absolute atomic E-state index is 0.0772. The molecule has 1 aliphatic carbocycles. The maximum atomic E-state index is 14.1. The largest absolute Gasteiger partial charge is 0.354 e. The van der Waals surface area contributed by atoms with Crippen LogP contribution in [0.25, 0.3) is 0 Å². The van der Waals surface area contributed by atoms with E-state index in [4.69, 9.17) is 0 Å². The molecule has 2 aromatic rings. The van der Waals surface area contributed by atoms with Crippen LogP contribution in [0.3, 0.4) is 0 Å². The molecule has 1 fully saturated rings. The third-order valence-electron chi connectivity index (χ3n) is 4.62. The zero-order valence-corrected chi connectivity index (χ0v) is 14.1. The lowest BCUT2D eigenvalue weighted by Crippen LogP contribution is -2.40. The fourth-order valence-electron chi connectivity index (χ4n) is 3.03. The van der Waals surface area contributed by atoms with E-state index in [1.807, 2.05) is 16.9 Å². The number of benzene rings is 1. The van der Waals surface area contributed by atoms with Crippen LogP contribution in [-0.4, -0.2) is 41.2 Å². The van der Waals surface area contributed by atoms with E-state index in [-0.39, 0.29) is 17.1 Å². The fraction of sp³-hybridized carbons (Fsp3) is 0.444. The molecule has 0 aliphatic heterocycles. The summed E-state index contributed by atoms with van der Waals surface area (Å²) in [5.41, 5.74) is 0.477. The fourth-order valence-corrected chi connectivity index (χ4v) is 3.03. The average Bonchev–Trinajstić information content (AvgIpc) is 3.11. The second-order valence-electron chi connectivity index (χ2n) is 6.81. The van der Waals surface area contributed by atoms with Crippen molar-refractivity contribution in [2.24, 2.45) is 5.41 Å². The van der Waals surface area contributed by atoms with E-state index in [0.717, 1.165) is 19.4 Å². The Labute approximate surface area is 141 Å². The first-order valence-electron chi connectivity index (χ1n) is 8.17. The van der Waals surface area contributed by atoms with Crippen LogP contribution in [0.15, 0.2) is 42.7 Å². The van der Waals surface area contributed by atoms with Gasteiger partial charge in [-0.3, -0.25) is 14.4 Å². The molecule has 128 valence electrons. The highest BCUT2D eigenvalue weighted by Gasteiger charge is 2.43. The molecule has 1 aromatic heterocycles. The van der Waals surface area contributed by atoms with Gasteiger partial charge in [-0.05, 0) is 39.1 Å². The lowest BCUT2D eigenvalue weighted by molar-refractivity contribution is -0.126. The molecule has 24 heavy (non-hydrogen) atoms. The quantitative estimate of drug-likeness (QED) is 0.847. The van der Waals surface area contributed by atoms with E-state index in [2.05, 4.69) is 10.4 Å². The van der Waals surface area contributed by atoms with E-state index in [1.165, 1.54) is 6.07 Å². The molecule has 1 aromatic carbocycles. The molecule has 0 saturated heterocycles. The summed E-state index contributed by atoms with van der Waals surface area (Å²) in [7, 11) is 3.57. The molecular formula is C18H23FN4O. The maximum absolute atomic E-state index is 14.1. The smallest absolute Gasteiger partial charge is 0.242 e. The summed E-state index contributed by atoms with van der Waals surface area (Å²) in [4.78, 5) is 14.4. The van der Waals surface area contributed by atoms with Gasteiger partial charge in [0, 0.05) is 36.5 Å². The van der Waals surface area contributed by atoms with Gasteiger partial charge >= 0.3 is 0 Å². The SMILES string of the molecule is CN(C)[C@@H](C(=O)NCC1(Cn2cccn2)CC1)c1ccccc1F. The Morgan fingerprint density at radius 3 is 2.71 bits per heavy atom. The Balaban J connectivity index is 1.65. The van der Waals surface area contributed by atoms with Crippen LogP contribution in [0.5, 0.6) is 0 Å². The normalized spacial score (nSPS) is 16.8. The van der Waals surface area contributed by atoms with Crippen molar-refractivity contribution < 1.29 is 9.18 Å². The van der Waals surface area contributed by atoms with Crippen molar-refractivity contribution in [1.82, 2.24) is 20.0 Å². The lowest BCUT2D eigenvalue weighted by Gasteiger charge is -2.25. The van der Waals surface area contributed by atoms with Gasteiger partial charge in [0.2, 0.25) is 5.91 Å². The molecule has 0 radical (unpaired) electrons. The molecule has 1 amide bonds. The van der Waals surface area contributed by atoms with Crippen molar-refractivity contribution in [3.8, 4) is 0 Å². The van der Waals surface area contributed by atoms with Gasteiger partial charge in [-0.15, -0.1) is 0 Å². The predicted octanol–water partition coefficient (Wildman–Crippen LogP) is 2.22. The van der Waals surface area contributed by atoms with Crippen molar-refractivity contribution in [1.29, 1.82) is 0 Å². The number of carbonyl (C=O) groups excluding carboxylic acids is 1. The highest BCUT2D eigenvalue weighted by Crippen LogP contribution is 2.46. The number of halogens is 1. The first kappa shape index (κ1) is 16.6. The van der Waals surface area contributed by atoms with Gasteiger partial charge in [0.05, 0.1) is 0 Å². The highest BCUT2D eigenvalue weighted by molar-refractivity contribution is 5.83. The number of nitrogens with one attached hydrogen (secondary N) is 1. The molecule has 1 saturated carbocycles. The lowest BCUT2D eigenvalue weighted by atomic mass is 10.0. The van der Waals surface area contributed by atoms with Crippen LogP contribution in [0.2, 0.25) is 0 Å². The number of aromatic nitrogens is 2. The first-order chi connectivity index (χ1) is 11.5. The number of rotatable bonds is 7. The van der Waals surface area contributed by atoms with Gasteiger partial charge < -0.3 is 5.32 Å². The molecule has 0 bridgehead atoms. The Kier molecular flexibility index (Phi) is 4.66. The zero-order valence-electron chi connectivity index (χ0n) is 14.1. The number of hydrogen-bond acceptors (Lipinski definition) is 3. The van der Waals surface area contributed by atoms with E-state index in [0.29, 0.717) is 12.1 Å². The number of amides is 1. The zero-order chi connectivity index (χ0) is 17.2. The van der Waals surface area contributed by atoms with E-state index in [1.54, 1.807) is 43.4 Å². The van der Waals surface area contributed by atoms with Crippen LogP contribution in [-0.2, 0) is 11.3 Å². The minimum Gasteiger partial charge on any atom is -0.354 e. The Morgan fingerprint density at radius 1 is 1.38 bits per heavy atom. The van der Waals surface area contributed by atoms with Gasteiger partial charge in [-0.1, -0.05) is 18.2 Å². The van der Waals surface area contributed by atoms with Crippen molar-refractivity contribution in [3.63, 3.8) is 0 Å². The number of carbonyl (C=O) groups is 1. The summed E-state index contributed by atoms with van der Waals surface area (Å²) in [5.74, 6) is -0.527. The van der Waals surface area contributed by atoms with Crippen LogP contribution in [0.4, 0.5) is 4.39 Å². The Morgan fingerprint density at radius 2 is 2.12 bits per heavy atom. The van der Waals surface area contributed by atoms with E-state index < -0.39 is 6.04 Å². The summed E-state index contributed by atoms with van der Waals surface area (Å²) in [5, 5.41) is 7.25. The molecule has 0 spiro atoms. The van der Waals surface area contributed by atoms with Gasteiger partial charge in [0.15, 0.2) is 0 Å². The Hall–Kier alpha value is -2.21. The van der Waals surface area contributed by atoms with Gasteiger partial charge in [-0.2, -0.15) is 5.10 Å². The van der Waals surface area contributed by atoms with Crippen molar-refractivity contribution in [3.05, 3.63) is 54.1 Å². The van der Waals surface area contributed by atoms with Gasteiger partial charge in [-0.25, -0.2) is 4.39 Å². The van der Waals surface area contributed by atoms with Crippen LogP contribution < -0.4 is 5.32 Å². The molecule has 0 unspecified atom stereocenters. The second-order valence-corrected chi connectivity index (χ2v) is 6.81. The van der Waals surface area contributed by atoms with Crippen LogP contribution in [0.1, 0.15) is 24.4 Å². The minimum atomic E-state index is -0.633. The molecule has 5 nitrogen and oxygen atoms in total. The second kappa shape index (κ2) is 6.73. The number of hydrogen-bond donors (Lipinski definition) is 1. The van der Waals surface area contributed by atoms with Crippen LogP contribution in [0, 0.1) is 11.2 Å². The third kappa shape index (κ3) is 3.64. The van der Waals surface area contributed by atoms with Crippen molar-refractivity contribution in [2.75, 3.05) is 20.6 Å². The molecule has 1 N–H and O–H groups in total. The maximum Gasteiger partial charge on any atom is 0.242 e. The summed E-state index contributed by atoms with van der Waals surface area (Å²) in [6, 6.07) is 7.70. The molecule has 3 rings (SSSR count). The highest BCUT2D eigenvalue weighted by atomic mass is 19.1. The molecular weight excluding hydrogens is 307 g/mol. The van der Waals surface area contributed by atoms with Crippen molar-refractivity contribution in [2.45, 2.75) is 25.4 Å². The monoisotopic (exact) mass is 330 g/mol. The molecule has 6 heteroatoms. The molecule has 1 heterocycles. The number of nitrogens with zero attached hydrogens (tertiary/aromatic N) is 3. The first-order valence-corrected chi connectivity index (χ1v) is 8.17. The topological polar surface area (TPSA) is 50.2 Å². The summed E-state index contributed by atoms with van der Waals surface area (Å²) in [6.07, 6.45) is 5.83. The average molecular weight is 330 g/mol. The van der Waals surface area contributed by atoms with E-state index in [9.17, 15) is 9.18 Å². The van der Waals surface area contributed by atoms with E-state index >= 15 is 0 Å². The van der Waals surface area contributed by atoms with Crippen molar-refractivity contribution >= 4 is 5.91 Å². The van der Waals surface area contributed by atoms with Crippen LogP contribution >= 0.6 is 0 Å². The standard InChI is InChI=1S/C18H23FN4O/c1-22(2)16(14-6-3-4-7-15(14)19)17(24)20-12-18(8-9-18)13-23-11-5-10-21-23/h3-7,10-11,16H,8-9,12-13H2,1-2H3,(H,20,24)/t16-/m1/s1. The molecule has 1 atom stereocenters. The summed E-state index contributed by atoms with van der Waals surface area (Å²) in [6.45, 7) is 1.39. The van der Waals surface area contributed by atoms with Gasteiger partial charge in [0.1, 0.15) is 11.9 Å². The summed E-state index contributed by atoms with van der Waals surface area (Å²) < 4.78 is 16.0. The van der Waals surface area contributed by atoms with Gasteiger partial charge in [0.25, 0.3) is 0 Å².